The molecule has 0 saturated heterocycles. The van der Waals surface area contributed by atoms with Crippen molar-refractivity contribution in [3.63, 3.8) is 0 Å². The lowest BCUT2D eigenvalue weighted by atomic mass is 10.3. The van der Waals surface area contributed by atoms with E-state index < -0.39 is 11.6 Å². The summed E-state index contributed by atoms with van der Waals surface area (Å²) >= 11 is 0. The molecule has 1 aromatic carbocycles. The highest BCUT2D eigenvalue weighted by Gasteiger charge is 2.08. The van der Waals surface area contributed by atoms with Crippen LogP contribution in [0.2, 0.25) is 0 Å². The normalized spacial score (nSPS) is 10.8. The van der Waals surface area contributed by atoms with Gasteiger partial charge in [-0.2, -0.15) is 0 Å². The van der Waals surface area contributed by atoms with Gasteiger partial charge < -0.3 is 10.1 Å². The molecule has 2 rings (SSSR count). The van der Waals surface area contributed by atoms with Gasteiger partial charge >= 0.3 is 0 Å². The van der Waals surface area contributed by atoms with E-state index in [1.807, 2.05) is 19.9 Å². The van der Waals surface area contributed by atoms with E-state index in [0.717, 1.165) is 23.9 Å². The maximum Gasteiger partial charge on any atom is 0.219 e. The molecule has 0 aliphatic carbocycles. The zero-order valence-electron chi connectivity index (χ0n) is 11.4. The monoisotopic (exact) mass is 278 g/mol. The lowest BCUT2D eigenvalue weighted by molar-refractivity contribution is 0.420. The minimum absolute atomic E-state index is 0.175. The number of benzene rings is 1. The first-order chi connectivity index (χ1) is 9.54. The number of nitrogens with zero attached hydrogens (tertiary/aromatic N) is 1. The third-order valence-corrected chi connectivity index (χ3v) is 2.58. The summed E-state index contributed by atoms with van der Waals surface area (Å²) < 4.78 is 31.8. The van der Waals surface area contributed by atoms with E-state index in [0.29, 0.717) is 12.6 Å². The Labute approximate surface area is 116 Å². The van der Waals surface area contributed by atoms with E-state index in [1.165, 1.54) is 0 Å². The van der Waals surface area contributed by atoms with Gasteiger partial charge in [0.1, 0.15) is 5.82 Å². The van der Waals surface area contributed by atoms with Crippen molar-refractivity contribution in [2.45, 2.75) is 26.4 Å². The Morgan fingerprint density at radius 2 is 2.00 bits per heavy atom. The standard InChI is InChI=1S/C15H16F2N2O/c1-10(2)18-9-12-4-3-5-15(19-12)20-14-8-11(16)6-7-13(14)17/h3-8,10,18H,9H2,1-2H3. The third kappa shape index (κ3) is 3.99. The molecule has 3 nitrogen and oxygen atoms in total. The predicted octanol–water partition coefficient (Wildman–Crippen LogP) is 3.65. The number of aromatic nitrogens is 1. The van der Waals surface area contributed by atoms with Crippen LogP contribution in [-0.2, 0) is 6.54 Å². The summed E-state index contributed by atoms with van der Waals surface area (Å²) in [6.07, 6.45) is 0. The summed E-state index contributed by atoms with van der Waals surface area (Å²) in [5.74, 6) is -1.12. The zero-order chi connectivity index (χ0) is 14.5. The second kappa shape index (κ2) is 6.43. The molecule has 1 N–H and O–H groups in total. The van der Waals surface area contributed by atoms with Crippen LogP contribution in [0.15, 0.2) is 36.4 Å². The first-order valence-corrected chi connectivity index (χ1v) is 6.37. The fraction of sp³-hybridized carbons (Fsp3) is 0.267. The van der Waals surface area contributed by atoms with Crippen molar-refractivity contribution in [2.24, 2.45) is 0 Å². The van der Waals surface area contributed by atoms with Gasteiger partial charge in [0.25, 0.3) is 0 Å². The van der Waals surface area contributed by atoms with E-state index in [9.17, 15) is 8.78 Å². The Morgan fingerprint density at radius 3 is 2.75 bits per heavy atom. The largest absolute Gasteiger partial charge is 0.436 e. The van der Waals surface area contributed by atoms with Gasteiger partial charge in [-0.25, -0.2) is 13.8 Å². The molecule has 1 heterocycles. The molecule has 0 atom stereocenters. The van der Waals surface area contributed by atoms with Crippen LogP contribution in [-0.4, -0.2) is 11.0 Å². The number of pyridine rings is 1. The molecule has 2 aromatic rings. The Morgan fingerprint density at radius 1 is 1.20 bits per heavy atom. The molecule has 0 aliphatic heterocycles. The summed E-state index contributed by atoms with van der Waals surface area (Å²) in [7, 11) is 0. The molecule has 0 bridgehead atoms. The molecule has 0 unspecified atom stereocenters. The SMILES string of the molecule is CC(C)NCc1cccc(Oc2cc(F)ccc2F)n1. The fourth-order valence-corrected chi connectivity index (χ4v) is 1.59. The molecule has 106 valence electrons. The Bertz CT molecular complexity index is 588. The summed E-state index contributed by atoms with van der Waals surface area (Å²) in [5, 5.41) is 3.22. The van der Waals surface area contributed by atoms with Crippen molar-refractivity contribution in [1.82, 2.24) is 10.3 Å². The first-order valence-electron chi connectivity index (χ1n) is 6.37. The van der Waals surface area contributed by atoms with Gasteiger partial charge in [-0.05, 0) is 18.2 Å². The van der Waals surface area contributed by atoms with Crippen LogP contribution in [0, 0.1) is 11.6 Å². The average Bonchev–Trinajstić information content (AvgIpc) is 2.41. The Hall–Kier alpha value is -2.01. The minimum Gasteiger partial charge on any atom is -0.436 e. The zero-order valence-corrected chi connectivity index (χ0v) is 11.4. The summed E-state index contributed by atoms with van der Waals surface area (Å²) in [6.45, 7) is 4.64. The maximum atomic E-state index is 13.5. The van der Waals surface area contributed by atoms with Gasteiger partial charge in [0, 0.05) is 24.7 Å². The summed E-state index contributed by atoms with van der Waals surface area (Å²) in [6, 6.07) is 8.59. The molecule has 0 spiro atoms. The van der Waals surface area contributed by atoms with Crippen LogP contribution in [0.4, 0.5) is 8.78 Å². The highest BCUT2D eigenvalue weighted by molar-refractivity contribution is 5.29. The van der Waals surface area contributed by atoms with Gasteiger partial charge in [-0.3, -0.25) is 0 Å². The maximum absolute atomic E-state index is 13.5. The molecule has 0 saturated carbocycles. The van der Waals surface area contributed by atoms with Crippen LogP contribution < -0.4 is 10.1 Å². The Kier molecular flexibility index (Phi) is 4.63. The highest BCUT2D eigenvalue weighted by atomic mass is 19.1. The van der Waals surface area contributed by atoms with Crippen molar-refractivity contribution in [3.05, 3.63) is 53.7 Å². The molecule has 20 heavy (non-hydrogen) atoms. The molecule has 1 aromatic heterocycles. The van der Waals surface area contributed by atoms with E-state index in [2.05, 4.69) is 10.3 Å². The fourth-order valence-electron chi connectivity index (χ4n) is 1.59. The van der Waals surface area contributed by atoms with Crippen molar-refractivity contribution >= 4 is 0 Å². The number of hydrogen-bond acceptors (Lipinski definition) is 3. The molecule has 0 radical (unpaired) electrons. The van der Waals surface area contributed by atoms with Gasteiger partial charge in [0.05, 0.1) is 5.69 Å². The van der Waals surface area contributed by atoms with Gasteiger partial charge in [-0.15, -0.1) is 0 Å². The average molecular weight is 278 g/mol. The van der Waals surface area contributed by atoms with Crippen molar-refractivity contribution < 1.29 is 13.5 Å². The number of nitrogens with one attached hydrogen (secondary N) is 1. The number of ether oxygens (including phenoxy) is 1. The molecule has 0 amide bonds. The third-order valence-electron chi connectivity index (χ3n) is 2.58. The molecular formula is C15H16F2N2O. The number of halogens is 2. The van der Waals surface area contributed by atoms with E-state index in [1.54, 1.807) is 12.1 Å². The lowest BCUT2D eigenvalue weighted by Gasteiger charge is -2.10. The second-order valence-corrected chi connectivity index (χ2v) is 4.68. The molecule has 0 aliphatic rings. The quantitative estimate of drug-likeness (QED) is 0.906. The van der Waals surface area contributed by atoms with E-state index in [-0.39, 0.29) is 11.6 Å². The number of rotatable bonds is 5. The molecule has 5 heteroatoms. The highest BCUT2D eigenvalue weighted by Crippen LogP contribution is 2.23. The van der Waals surface area contributed by atoms with E-state index >= 15 is 0 Å². The topological polar surface area (TPSA) is 34.1 Å². The van der Waals surface area contributed by atoms with Crippen molar-refractivity contribution in [3.8, 4) is 11.6 Å². The second-order valence-electron chi connectivity index (χ2n) is 4.68. The van der Waals surface area contributed by atoms with Crippen LogP contribution in [0.1, 0.15) is 19.5 Å². The molecule has 0 fully saturated rings. The van der Waals surface area contributed by atoms with Crippen molar-refractivity contribution in [1.29, 1.82) is 0 Å². The van der Waals surface area contributed by atoms with E-state index in [4.69, 9.17) is 4.74 Å². The van der Waals surface area contributed by atoms with Crippen LogP contribution >= 0.6 is 0 Å². The Balaban J connectivity index is 2.13. The summed E-state index contributed by atoms with van der Waals surface area (Å²) in [4.78, 5) is 4.24. The predicted molar refractivity (Wildman–Crippen MR) is 72.6 cm³/mol. The lowest BCUT2D eigenvalue weighted by Crippen LogP contribution is -2.22. The van der Waals surface area contributed by atoms with Crippen LogP contribution in [0.25, 0.3) is 0 Å². The van der Waals surface area contributed by atoms with Gasteiger partial charge in [0.2, 0.25) is 5.88 Å². The summed E-state index contributed by atoms with van der Waals surface area (Å²) in [5.41, 5.74) is 0.771. The smallest absolute Gasteiger partial charge is 0.219 e. The first kappa shape index (κ1) is 14.4. The van der Waals surface area contributed by atoms with Gasteiger partial charge in [0.15, 0.2) is 11.6 Å². The van der Waals surface area contributed by atoms with Crippen LogP contribution in [0.3, 0.4) is 0 Å². The van der Waals surface area contributed by atoms with Crippen molar-refractivity contribution in [2.75, 3.05) is 0 Å². The van der Waals surface area contributed by atoms with Crippen LogP contribution in [0.5, 0.6) is 11.6 Å². The number of hydrogen-bond donors (Lipinski definition) is 1. The van der Waals surface area contributed by atoms with Gasteiger partial charge in [-0.1, -0.05) is 19.9 Å². The minimum atomic E-state index is -0.626. The molecular weight excluding hydrogens is 262 g/mol.